The van der Waals surface area contributed by atoms with Crippen molar-refractivity contribution in [3.05, 3.63) is 29.8 Å². The van der Waals surface area contributed by atoms with E-state index >= 15 is 0 Å². The number of benzene rings is 1. The van der Waals surface area contributed by atoms with Gasteiger partial charge in [0.1, 0.15) is 5.75 Å². The van der Waals surface area contributed by atoms with Crippen molar-refractivity contribution < 1.29 is 22.7 Å². The van der Waals surface area contributed by atoms with Crippen LogP contribution in [-0.4, -0.2) is 74.2 Å². The molecule has 2 atom stereocenters. The predicted octanol–water partition coefficient (Wildman–Crippen LogP) is 1.52. The van der Waals surface area contributed by atoms with E-state index in [0.717, 1.165) is 11.3 Å². The molecule has 26 heavy (non-hydrogen) atoms. The maximum Gasteiger partial charge on any atom is 0.410 e. The summed E-state index contributed by atoms with van der Waals surface area (Å²) in [5.74, 6) is 0.851. The molecule has 0 aliphatic carbocycles. The third-order valence-corrected chi connectivity index (χ3v) is 6.58. The fourth-order valence-electron chi connectivity index (χ4n) is 3.72. The predicted molar refractivity (Wildman–Crippen MR) is 98.0 cm³/mol. The van der Waals surface area contributed by atoms with Gasteiger partial charge in [-0.05, 0) is 31.5 Å². The molecular weight excluding hydrogens is 356 g/mol. The van der Waals surface area contributed by atoms with E-state index in [1.54, 1.807) is 25.9 Å². The van der Waals surface area contributed by atoms with Crippen molar-refractivity contribution >= 4 is 15.9 Å². The molecule has 8 heteroatoms. The van der Waals surface area contributed by atoms with E-state index in [1.165, 1.54) is 0 Å². The highest BCUT2D eigenvalue weighted by atomic mass is 32.2. The van der Waals surface area contributed by atoms with Gasteiger partial charge < -0.3 is 14.4 Å². The quantitative estimate of drug-likeness (QED) is 0.786. The van der Waals surface area contributed by atoms with E-state index in [9.17, 15) is 13.2 Å². The first-order valence-corrected chi connectivity index (χ1v) is 10.7. The first-order chi connectivity index (χ1) is 12.3. The average molecular weight is 382 g/mol. The molecule has 3 rings (SSSR count). The number of ether oxygens (including phenoxy) is 2. The number of rotatable bonds is 4. The van der Waals surface area contributed by atoms with Crippen molar-refractivity contribution in [2.24, 2.45) is 0 Å². The number of sulfone groups is 1. The van der Waals surface area contributed by atoms with E-state index in [4.69, 9.17) is 9.47 Å². The largest absolute Gasteiger partial charge is 0.497 e. The van der Waals surface area contributed by atoms with Crippen LogP contribution in [0, 0.1) is 0 Å². The summed E-state index contributed by atoms with van der Waals surface area (Å²) in [6.07, 6.45) is -0.651. The number of amides is 1. The normalized spacial score (nSPS) is 25.2. The Labute approximate surface area is 154 Å². The zero-order valence-electron chi connectivity index (χ0n) is 15.4. The van der Waals surface area contributed by atoms with Crippen LogP contribution in [0.3, 0.4) is 0 Å². The fraction of sp³-hybridized carbons (Fsp3) is 0.611. The highest BCUT2D eigenvalue weighted by Gasteiger charge is 2.48. The van der Waals surface area contributed by atoms with Crippen molar-refractivity contribution in [3.63, 3.8) is 0 Å². The Kier molecular flexibility index (Phi) is 5.43. The maximum atomic E-state index is 12.4. The fourth-order valence-corrected chi connectivity index (χ4v) is 5.73. The lowest BCUT2D eigenvalue weighted by Gasteiger charge is -2.43. The second-order valence-corrected chi connectivity index (χ2v) is 9.31. The summed E-state index contributed by atoms with van der Waals surface area (Å²) in [4.78, 5) is 16.1. The van der Waals surface area contributed by atoms with Crippen molar-refractivity contribution in [1.29, 1.82) is 0 Å². The number of hydrogen-bond donors (Lipinski definition) is 0. The van der Waals surface area contributed by atoms with Gasteiger partial charge in [-0.2, -0.15) is 0 Å². The van der Waals surface area contributed by atoms with Crippen LogP contribution in [0.4, 0.5) is 4.79 Å². The Morgan fingerprint density at radius 3 is 2.65 bits per heavy atom. The molecule has 0 bridgehead atoms. The van der Waals surface area contributed by atoms with Crippen molar-refractivity contribution in [3.8, 4) is 5.75 Å². The van der Waals surface area contributed by atoms with Crippen LogP contribution in [-0.2, 0) is 21.1 Å². The third kappa shape index (κ3) is 4.12. The summed E-state index contributed by atoms with van der Waals surface area (Å²) in [6, 6.07) is 7.20. The first-order valence-electron chi connectivity index (χ1n) is 8.84. The van der Waals surface area contributed by atoms with Gasteiger partial charge in [-0.3, -0.25) is 4.90 Å². The summed E-state index contributed by atoms with van der Waals surface area (Å²) >= 11 is 0. The molecule has 144 valence electrons. The summed E-state index contributed by atoms with van der Waals surface area (Å²) in [5, 5.41) is 0. The van der Waals surface area contributed by atoms with Crippen LogP contribution >= 0.6 is 0 Å². The summed E-state index contributed by atoms with van der Waals surface area (Å²) in [6.45, 7) is 5.29. The monoisotopic (exact) mass is 382 g/mol. The molecule has 0 radical (unpaired) electrons. The molecule has 2 saturated heterocycles. The number of hydrogen-bond acceptors (Lipinski definition) is 6. The van der Waals surface area contributed by atoms with Crippen LogP contribution in [0.1, 0.15) is 19.4 Å². The minimum Gasteiger partial charge on any atom is -0.497 e. The van der Waals surface area contributed by atoms with Gasteiger partial charge >= 0.3 is 6.09 Å². The van der Waals surface area contributed by atoms with Gasteiger partial charge in [0.25, 0.3) is 0 Å². The first kappa shape index (κ1) is 19.0. The highest BCUT2D eigenvalue weighted by molar-refractivity contribution is 7.91. The van der Waals surface area contributed by atoms with Crippen molar-refractivity contribution in [2.75, 3.05) is 31.7 Å². The van der Waals surface area contributed by atoms with Gasteiger partial charge in [0, 0.05) is 25.7 Å². The molecule has 1 aromatic rings. The van der Waals surface area contributed by atoms with Gasteiger partial charge in [0.05, 0.1) is 30.8 Å². The summed E-state index contributed by atoms with van der Waals surface area (Å²) in [7, 11) is -1.55. The summed E-state index contributed by atoms with van der Waals surface area (Å²) in [5.41, 5.74) is 1.06. The summed E-state index contributed by atoms with van der Waals surface area (Å²) < 4.78 is 35.1. The second kappa shape index (κ2) is 7.44. The lowest BCUT2D eigenvalue weighted by molar-refractivity contribution is 0.0163. The van der Waals surface area contributed by atoms with Crippen LogP contribution in [0.5, 0.6) is 5.75 Å². The molecule has 2 unspecified atom stereocenters. The number of carbonyl (C=O) groups is 1. The lowest BCUT2D eigenvalue weighted by atomic mass is 10.0. The number of methoxy groups -OCH3 is 1. The van der Waals surface area contributed by atoms with Crippen molar-refractivity contribution in [2.45, 2.75) is 38.6 Å². The zero-order valence-corrected chi connectivity index (χ0v) is 16.2. The van der Waals surface area contributed by atoms with Crippen LogP contribution in [0.2, 0.25) is 0 Å². The van der Waals surface area contributed by atoms with E-state index in [-0.39, 0.29) is 29.7 Å². The van der Waals surface area contributed by atoms with E-state index in [2.05, 4.69) is 4.90 Å². The lowest BCUT2D eigenvalue weighted by Crippen LogP contribution is -2.60. The average Bonchev–Trinajstić information content (AvgIpc) is 2.90. The second-order valence-electron chi connectivity index (χ2n) is 7.16. The van der Waals surface area contributed by atoms with E-state index < -0.39 is 15.9 Å². The molecular formula is C18H26N2O5S. The van der Waals surface area contributed by atoms with Gasteiger partial charge in [-0.1, -0.05) is 12.1 Å². The topological polar surface area (TPSA) is 76.2 Å². The minimum absolute atomic E-state index is 0.000523. The smallest absolute Gasteiger partial charge is 0.410 e. The SMILES string of the molecule is COc1cccc(CN2CCN(C(=O)OC(C)C)C3CS(=O)(=O)CC32)c1. The molecule has 2 heterocycles. The van der Waals surface area contributed by atoms with Gasteiger partial charge in [0.15, 0.2) is 9.84 Å². The van der Waals surface area contributed by atoms with Crippen LogP contribution in [0.25, 0.3) is 0 Å². The Balaban J connectivity index is 1.79. The Morgan fingerprint density at radius 2 is 1.96 bits per heavy atom. The van der Waals surface area contributed by atoms with Crippen LogP contribution in [0.15, 0.2) is 24.3 Å². The van der Waals surface area contributed by atoms with E-state index in [1.807, 2.05) is 24.3 Å². The number of fused-ring (bicyclic) bond motifs is 1. The van der Waals surface area contributed by atoms with Crippen molar-refractivity contribution in [1.82, 2.24) is 9.80 Å². The number of carbonyl (C=O) groups excluding carboxylic acids is 1. The molecule has 0 saturated carbocycles. The Morgan fingerprint density at radius 1 is 1.23 bits per heavy atom. The Bertz CT molecular complexity index is 765. The van der Waals surface area contributed by atoms with E-state index in [0.29, 0.717) is 19.6 Å². The van der Waals surface area contributed by atoms with Gasteiger partial charge in [-0.25, -0.2) is 13.2 Å². The number of piperazine rings is 1. The molecule has 2 fully saturated rings. The molecule has 2 aliphatic rings. The maximum absolute atomic E-state index is 12.4. The highest BCUT2D eigenvalue weighted by Crippen LogP contribution is 2.29. The van der Waals surface area contributed by atoms with Gasteiger partial charge in [0.2, 0.25) is 0 Å². The molecule has 0 spiro atoms. The molecule has 1 amide bonds. The minimum atomic E-state index is -3.18. The zero-order chi connectivity index (χ0) is 18.9. The molecule has 2 aliphatic heterocycles. The molecule has 7 nitrogen and oxygen atoms in total. The standard InChI is InChI=1S/C18H26N2O5S/c1-13(2)25-18(21)20-8-7-19(16-11-26(22,23)12-17(16)20)10-14-5-4-6-15(9-14)24-3/h4-6,9,13,16-17H,7-8,10-12H2,1-3H3. The molecule has 1 aromatic carbocycles. The third-order valence-electron chi connectivity index (χ3n) is 4.88. The van der Waals surface area contributed by atoms with Crippen LogP contribution < -0.4 is 4.74 Å². The van der Waals surface area contributed by atoms with Gasteiger partial charge in [-0.15, -0.1) is 0 Å². The molecule has 0 aromatic heterocycles. The molecule has 0 N–H and O–H groups in total. The number of nitrogens with zero attached hydrogens (tertiary/aromatic N) is 2. The Hall–Kier alpha value is -1.80.